The zero-order valence-corrected chi connectivity index (χ0v) is 9.02. The lowest BCUT2D eigenvalue weighted by Gasteiger charge is -2.09. The summed E-state index contributed by atoms with van der Waals surface area (Å²) < 4.78 is 12.8. The molecule has 0 aliphatic carbocycles. The molecule has 1 N–H and O–H groups in total. The van der Waals surface area contributed by atoms with Crippen molar-refractivity contribution < 1.29 is 9.18 Å². The first-order chi connectivity index (χ1) is 7.25. The van der Waals surface area contributed by atoms with E-state index in [1.807, 2.05) is 0 Å². The van der Waals surface area contributed by atoms with Gasteiger partial charge in [-0.3, -0.25) is 4.79 Å². The Balaban J connectivity index is 1.99. The minimum Gasteiger partial charge on any atom is -0.326 e. The minimum atomic E-state index is -0.325. The molecular weight excluding hydrogens is 213 g/mol. The molecule has 0 radical (unpaired) electrons. The van der Waals surface area contributed by atoms with Crippen LogP contribution in [0.1, 0.15) is 6.42 Å². The molecule has 0 aromatic heterocycles. The Morgan fingerprint density at radius 2 is 2.40 bits per heavy atom. The van der Waals surface area contributed by atoms with Gasteiger partial charge in [0.25, 0.3) is 0 Å². The Morgan fingerprint density at radius 1 is 1.53 bits per heavy atom. The van der Waals surface area contributed by atoms with Gasteiger partial charge in [0.2, 0.25) is 5.91 Å². The molecule has 2 rings (SSSR count). The van der Waals surface area contributed by atoms with Gasteiger partial charge in [0, 0.05) is 17.4 Å². The Hall–Kier alpha value is -1.03. The van der Waals surface area contributed by atoms with E-state index in [4.69, 9.17) is 0 Å². The van der Waals surface area contributed by atoms with Crippen molar-refractivity contribution in [1.29, 1.82) is 0 Å². The van der Waals surface area contributed by atoms with Gasteiger partial charge in [0.15, 0.2) is 0 Å². The van der Waals surface area contributed by atoms with Crippen molar-refractivity contribution in [2.45, 2.75) is 6.42 Å². The Morgan fingerprint density at radius 3 is 3.07 bits per heavy atom. The Bertz CT molecular complexity index is 363. The van der Waals surface area contributed by atoms with Crippen LogP contribution in [-0.2, 0) is 4.79 Å². The van der Waals surface area contributed by atoms with Crippen LogP contribution in [0, 0.1) is 11.7 Å². The van der Waals surface area contributed by atoms with Crippen LogP contribution in [0.2, 0.25) is 0 Å². The summed E-state index contributed by atoms with van der Waals surface area (Å²) in [6.45, 7) is 0. The second kappa shape index (κ2) is 4.66. The van der Waals surface area contributed by atoms with E-state index in [2.05, 4.69) is 5.32 Å². The van der Waals surface area contributed by atoms with E-state index in [-0.39, 0.29) is 17.6 Å². The third kappa shape index (κ3) is 2.72. The minimum absolute atomic E-state index is 0.00519. The summed E-state index contributed by atoms with van der Waals surface area (Å²) in [7, 11) is 0. The molecule has 4 heteroatoms. The third-order valence-electron chi connectivity index (χ3n) is 2.39. The van der Waals surface area contributed by atoms with Crippen molar-refractivity contribution in [3.8, 4) is 0 Å². The van der Waals surface area contributed by atoms with Gasteiger partial charge in [-0.15, -0.1) is 0 Å². The smallest absolute Gasteiger partial charge is 0.228 e. The highest BCUT2D eigenvalue weighted by Gasteiger charge is 2.22. The average molecular weight is 225 g/mol. The van der Waals surface area contributed by atoms with Crippen LogP contribution >= 0.6 is 11.8 Å². The summed E-state index contributed by atoms with van der Waals surface area (Å²) in [5, 5.41) is 2.73. The summed E-state index contributed by atoms with van der Waals surface area (Å²) in [5.74, 6) is 1.68. The highest BCUT2D eigenvalue weighted by atomic mass is 32.2. The number of anilines is 1. The summed E-state index contributed by atoms with van der Waals surface area (Å²) in [6.07, 6.45) is 0.922. The van der Waals surface area contributed by atoms with Gasteiger partial charge < -0.3 is 5.32 Å². The molecule has 1 aliphatic rings. The van der Waals surface area contributed by atoms with Crippen molar-refractivity contribution in [3.05, 3.63) is 30.1 Å². The van der Waals surface area contributed by atoms with Crippen LogP contribution in [0.25, 0.3) is 0 Å². The van der Waals surface area contributed by atoms with Gasteiger partial charge in [0.05, 0.1) is 0 Å². The molecule has 2 nitrogen and oxygen atoms in total. The number of amides is 1. The lowest BCUT2D eigenvalue weighted by Crippen LogP contribution is -2.22. The number of rotatable bonds is 2. The average Bonchev–Trinajstić information content (AvgIpc) is 2.70. The molecule has 1 aromatic carbocycles. The fourth-order valence-corrected chi connectivity index (χ4v) is 2.77. The van der Waals surface area contributed by atoms with Gasteiger partial charge in [-0.25, -0.2) is 4.39 Å². The Labute approximate surface area is 92.3 Å². The van der Waals surface area contributed by atoms with Gasteiger partial charge in [-0.2, -0.15) is 11.8 Å². The van der Waals surface area contributed by atoms with Crippen molar-refractivity contribution in [2.75, 3.05) is 16.8 Å². The number of halogens is 1. The van der Waals surface area contributed by atoms with Crippen LogP contribution in [0.4, 0.5) is 10.1 Å². The molecule has 80 valence electrons. The Kier molecular flexibility index (Phi) is 3.26. The molecule has 1 saturated heterocycles. The number of nitrogens with one attached hydrogen (secondary N) is 1. The summed E-state index contributed by atoms with van der Waals surface area (Å²) in [5.41, 5.74) is 0.539. The number of thioether (sulfide) groups is 1. The first-order valence-electron chi connectivity index (χ1n) is 4.90. The maximum absolute atomic E-state index is 12.8. The summed E-state index contributed by atoms with van der Waals surface area (Å²) in [4.78, 5) is 11.7. The van der Waals surface area contributed by atoms with E-state index < -0.39 is 0 Å². The second-order valence-electron chi connectivity index (χ2n) is 3.56. The van der Waals surface area contributed by atoms with Gasteiger partial charge in [0.1, 0.15) is 5.82 Å². The summed E-state index contributed by atoms with van der Waals surface area (Å²) >= 11 is 1.79. The number of carbonyl (C=O) groups excluding carboxylic acids is 1. The van der Waals surface area contributed by atoms with E-state index >= 15 is 0 Å². The largest absolute Gasteiger partial charge is 0.326 e. The number of hydrogen-bond acceptors (Lipinski definition) is 2. The first kappa shape index (κ1) is 10.5. The lowest BCUT2D eigenvalue weighted by molar-refractivity contribution is -0.119. The van der Waals surface area contributed by atoms with Crippen molar-refractivity contribution in [1.82, 2.24) is 0 Å². The highest BCUT2D eigenvalue weighted by Crippen LogP contribution is 2.24. The molecule has 1 heterocycles. The number of benzene rings is 1. The van der Waals surface area contributed by atoms with Crippen LogP contribution < -0.4 is 5.32 Å². The topological polar surface area (TPSA) is 29.1 Å². The van der Waals surface area contributed by atoms with Gasteiger partial charge >= 0.3 is 0 Å². The maximum atomic E-state index is 12.8. The fourth-order valence-electron chi connectivity index (χ4n) is 1.55. The molecule has 0 bridgehead atoms. The predicted octanol–water partition coefficient (Wildman–Crippen LogP) is 2.52. The van der Waals surface area contributed by atoms with Crippen LogP contribution in [0.5, 0.6) is 0 Å². The zero-order chi connectivity index (χ0) is 10.7. The van der Waals surface area contributed by atoms with E-state index in [1.165, 1.54) is 12.1 Å². The standard InChI is InChI=1S/C11H12FNOS/c12-9-2-1-3-10(6-9)13-11(14)8-4-5-15-7-8/h1-3,6,8H,4-5,7H2,(H,13,14). The van der Waals surface area contributed by atoms with E-state index in [9.17, 15) is 9.18 Å². The molecule has 1 unspecified atom stereocenters. The van der Waals surface area contributed by atoms with E-state index in [1.54, 1.807) is 23.9 Å². The molecule has 15 heavy (non-hydrogen) atoms. The molecule has 0 spiro atoms. The molecule has 1 amide bonds. The molecule has 0 saturated carbocycles. The molecule has 1 atom stereocenters. The molecule has 1 aromatic rings. The van der Waals surface area contributed by atoms with Crippen molar-refractivity contribution in [3.63, 3.8) is 0 Å². The number of carbonyl (C=O) groups is 1. The van der Waals surface area contributed by atoms with Crippen LogP contribution in [0.15, 0.2) is 24.3 Å². The summed E-state index contributed by atoms with van der Waals surface area (Å²) in [6, 6.07) is 5.98. The van der Waals surface area contributed by atoms with Crippen molar-refractivity contribution in [2.24, 2.45) is 5.92 Å². The van der Waals surface area contributed by atoms with Crippen LogP contribution in [-0.4, -0.2) is 17.4 Å². The second-order valence-corrected chi connectivity index (χ2v) is 4.71. The third-order valence-corrected chi connectivity index (χ3v) is 3.56. The normalized spacial score (nSPS) is 20.2. The highest BCUT2D eigenvalue weighted by molar-refractivity contribution is 7.99. The zero-order valence-electron chi connectivity index (χ0n) is 8.20. The molecular formula is C11H12FNOS. The van der Waals surface area contributed by atoms with E-state index in [0.29, 0.717) is 5.69 Å². The van der Waals surface area contributed by atoms with Gasteiger partial charge in [-0.05, 0) is 30.4 Å². The SMILES string of the molecule is O=C(Nc1cccc(F)c1)C1CCSC1. The van der Waals surface area contributed by atoms with E-state index in [0.717, 1.165) is 17.9 Å². The molecule has 1 aliphatic heterocycles. The first-order valence-corrected chi connectivity index (χ1v) is 6.05. The maximum Gasteiger partial charge on any atom is 0.228 e. The molecule has 1 fully saturated rings. The van der Waals surface area contributed by atoms with Gasteiger partial charge in [-0.1, -0.05) is 6.07 Å². The van der Waals surface area contributed by atoms with Crippen LogP contribution in [0.3, 0.4) is 0 Å². The number of hydrogen-bond donors (Lipinski definition) is 1. The fraction of sp³-hybridized carbons (Fsp3) is 0.364. The quantitative estimate of drug-likeness (QED) is 0.838. The lowest BCUT2D eigenvalue weighted by atomic mass is 10.1. The van der Waals surface area contributed by atoms with Crippen molar-refractivity contribution >= 4 is 23.4 Å². The monoisotopic (exact) mass is 225 g/mol. The predicted molar refractivity (Wildman–Crippen MR) is 60.5 cm³/mol.